The normalized spacial score (nSPS) is 15.9. The Kier molecular flexibility index (Phi) is 11.4. The Hall–Kier alpha value is -2.84. The molecule has 1 saturated heterocycles. The molecule has 6 nitrogen and oxygen atoms in total. The zero-order valence-electron chi connectivity index (χ0n) is 19.7. The van der Waals surface area contributed by atoms with Gasteiger partial charge in [0.1, 0.15) is 0 Å². The largest absolute Gasteiger partial charge is 0.458 e. The number of nitrogens with one attached hydrogen (secondary N) is 3. The van der Waals surface area contributed by atoms with Crippen LogP contribution in [-0.4, -0.2) is 55.5 Å². The molecule has 1 fully saturated rings. The molecular weight excluding hydrogens is 525 g/mol. The number of Topliss-reactive ketones (excluding diaryl/α,β-unsaturated/α-hetero) is 2. The highest BCUT2D eigenvalue weighted by Crippen LogP contribution is 2.30. The lowest BCUT2D eigenvalue weighted by molar-refractivity contribution is -0.193. The van der Waals surface area contributed by atoms with Gasteiger partial charge in [-0.1, -0.05) is 13.8 Å². The van der Waals surface area contributed by atoms with Crippen molar-refractivity contribution >= 4 is 23.2 Å². The van der Waals surface area contributed by atoms with Gasteiger partial charge in [-0.15, -0.1) is 0 Å². The van der Waals surface area contributed by atoms with Crippen LogP contribution >= 0.6 is 0 Å². The number of piperidine rings is 1. The van der Waals surface area contributed by atoms with E-state index in [1.807, 2.05) is 13.8 Å². The third kappa shape index (κ3) is 11.0. The molecule has 0 bridgehead atoms. The van der Waals surface area contributed by atoms with Crippen LogP contribution in [0.15, 0.2) is 24.3 Å². The first kappa shape index (κ1) is 32.2. The highest BCUT2D eigenvalue weighted by molar-refractivity contribution is 6.41. The summed E-state index contributed by atoms with van der Waals surface area (Å²) in [6.45, 7) is 6.18. The average Bonchev–Trinajstić information content (AvgIpc) is 2.79. The third-order valence-corrected chi connectivity index (χ3v) is 5.30. The molecule has 37 heavy (non-hydrogen) atoms. The van der Waals surface area contributed by atoms with Crippen LogP contribution < -0.4 is 16.0 Å². The molecule has 0 aromatic heterocycles. The van der Waals surface area contributed by atoms with Crippen molar-refractivity contribution in [1.29, 1.82) is 0 Å². The van der Waals surface area contributed by atoms with Crippen molar-refractivity contribution in [3.8, 4) is 0 Å². The number of amides is 1. The molecule has 1 atom stereocenters. The van der Waals surface area contributed by atoms with Gasteiger partial charge < -0.3 is 16.0 Å². The number of benzene rings is 1. The summed E-state index contributed by atoms with van der Waals surface area (Å²) in [5.74, 6) is -6.50. The second-order valence-electron chi connectivity index (χ2n) is 8.49. The molecule has 0 radical (unpaired) electrons. The van der Waals surface area contributed by atoms with Crippen LogP contribution in [0.4, 0.5) is 45.2 Å². The predicted molar refractivity (Wildman–Crippen MR) is 114 cm³/mol. The predicted octanol–water partition coefficient (Wildman–Crippen LogP) is 4.51. The van der Waals surface area contributed by atoms with E-state index in [0.717, 1.165) is 38.1 Å². The SMILES string of the molecule is CC(C)[C@H](CNC(=O)C1CCNCC1)Nc1ccc(C(F)(F)F)cc1.O=C(C(=O)C(F)(F)F)C(F)(F)F. The molecule has 210 valence electrons. The Morgan fingerprint density at radius 1 is 0.865 bits per heavy atom. The van der Waals surface area contributed by atoms with Crippen LogP contribution in [0.25, 0.3) is 0 Å². The Labute approximate surface area is 206 Å². The van der Waals surface area contributed by atoms with E-state index in [1.165, 1.54) is 12.1 Å². The Bertz CT molecular complexity index is 881. The summed E-state index contributed by atoms with van der Waals surface area (Å²) >= 11 is 0. The maximum absolute atomic E-state index is 12.6. The van der Waals surface area contributed by atoms with E-state index in [0.29, 0.717) is 12.2 Å². The third-order valence-electron chi connectivity index (χ3n) is 5.30. The van der Waals surface area contributed by atoms with Gasteiger partial charge in [-0.05, 0) is 56.1 Å². The minimum atomic E-state index is -5.77. The van der Waals surface area contributed by atoms with Gasteiger partial charge in [0.15, 0.2) is 0 Å². The van der Waals surface area contributed by atoms with E-state index in [1.54, 1.807) is 0 Å². The van der Waals surface area contributed by atoms with Gasteiger partial charge in [0.25, 0.3) is 0 Å². The number of ketones is 2. The molecule has 1 aliphatic rings. The van der Waals surface area contributed by atoms with Crippen molar-refractivity contribution in [3.05, 3.63) is 29.8 Å². The van der Waals surface area contributed by atoms with Gasteiger partial charge in [0.05, 0.1) is 5.56 Å². The number of halogens is 9. The topological polar surface area (TPSA) is 87.3 Å². The van der Waals surface area contributed by atoms with Gasteiger partial charge in [0, 0.05) is 24.2 Å². The summed E-state index contributed by atoms with van der Waals surface area (Å²) in [7, 11) is 0. The number of alkyl halides is 9. The Balaban J connectivity index is 0.000000482. The highest BCUT2D eigenvalue weighted by atomic mass is 19.4. The van der Waals surface area contributed by atoms with Crippen LogP contribution in [0.1, 0.15) is 32.3 Å². The zero-order chi connectivity index (χ0) is 28.6. The minimum absolute atomic E-state index is 0.0418. The van der Waals surface area contributed by atoms with Crippen LogP contribution in [0.2, 0.25) is 0 Å². The molecule has 1 aromatic carbocycles. The van der Waals surface area contributed by atoms with Gasteiger partial charge >= 0.3 is 30.1 Å². The lowest BCUT2D eigenvalue weighted by atomic mass is 9.96. The number of carbonyl (C=O) groups excluding carboxylic acids is 3. The fourth-order valence-electron chi connectivity index (χ4n) is 3.12. The summed E-state index contributed by atoms with van der Waals surface area (Å²) in [5.41, 5.74) is -0.0545. The zero-order valence-corrected chi connectivity index (χ0v) is 19.7. The van der Waals surface area contributed by atoms with Crippen LogP contribution in [0, 0.1) is 11.8 Å². The molecule has 2 rings (SSSR count). The summed E-state index contributed by atoms with van der Waals surface area (Å²) < 4.78 is 105. The molecule has 0 unspecified atom stereocenters. The molecular formula is C22H26F9N3O3. The van der Waals surface area contributed by atoms with Crippen molar-refractivity contribution in [3.63, 3.8) is 0 Å². The van der Waals surface area contributed by atoms with Crippen molar-refractivity contribution < 1.29 is 53.9 Å². The van der Waals surface area contributed by atoms with Crippen LogP contribution in [0.3, 0.4) is 0 Å². The quantitative estimate of drug-likeness (QED) is 0.343. The summed E-state index contributed by atoms with van der Waals surface area (Å²) in [4.78, 5) is 31.5. The summed E-state index contributed by atoms with van der Waals surface area (Å²) in [6, 6.07) is 4.92. The number of anilines is 1. The fraction of sp³-hybridized carbons (Fsp3) is 0.591. The van der Waals surface area contributed by atoms with Gasteiger partial charge in [-0.3, -0.25) is 14.4 Å². The number of rotatable bonds is 7. The van der Waals surface area contributed by atoms with Crippen LogP contribution in [0.5, 0.6) is 0 Å². The summed E-state index contributed by atoms with van der Waals surface area (Å²) in [5, 5.41) is 9.43. The lowest BCUT2D eigenvalue weighted by Gasteiger charge is -2.26. The first-order valence-electron chi connectivity index (χ1n) is 11.0. The highest BCUT2D eigenvalue weighted by Gasteiger charge is 2.54. The molecule has 1 heterocycles. The molecule has 1 amide bonds. The number of hydrogen-bond acceptors (Lipinski definition) is 5. The maximum Gasteiger partial charge on any atom is 0.458 e. The molecule has 1 aliphatic heterocycles. The monoisotopic (exact) mass is 551 g/mol. The smallest absolute Gasteiger partial charge is 0.380 e. The van der Waals surface area contributed by atoms with E-state index in [2.05, 4.69) is 16.0 Å². The van der Waals surface area contributed by atoms with E-state index in [9.17, 15) is 53.9 Å². The van der Waals surface area contributed by atoms with Crippen molar-refractivity contribution in [2.45, 2.75) is 51.3 Å². The second-order valence-corrected chi connectivity index (χ2v) is 8.49. The van der Waals surface area contributed by atoms with E-state index >= 15 is 0 Å². The minimum Gasteiger partial charge on any atom is -0.380 e. The van der Waals surface area contributed by atoms with Crippen molar-refractivity contribution in [2.75, 3.05) is 25.0 Å². The van der Waals surface area contributed by atoms with E-state index in [-0.39, 0.29) is 23.8 Å². The Morgan fingerprint density at radius 2 is 1.32 bits per heavy atom. The van der Waals surface area contributed by atoms with Gasteiger partial charge in [-0.2, -0.15) is 39.5 Å². The average molecular weight is 551 g/mol. The van der Waals surface area contributed by atoms with Crippen molar-refractivity contribution in [2.24, 2.45) is 11.8 Å². The molecule has 0 spiro atoms. The summed E-state index contributed by atoms with van der Waals surface area (Å²) in [6.07, 6.45) is -14.2. The fourth-order valence-corrected chi connectivity index (χ4v) is 3.12. The molecule has 15 heteroatoms. The first-order valence-corrected chi connectivity index (χ1v) is 11.0. The van der Waals surface area contributed by atoms with Gasteiger partial charge in [0.2, 0.25) is 5.91 Å². The number of carbonyl (C=O) groups is 3. The second kappa shape index (κ2) is 13.1. The molecule has 0 aliphatic carbocycles. The van der Waals surface area contributed by atoms with Crippen LogP contribution in [-0.2, 0) is 20.6 Å². The molecule has 1 aromatic rings. The van der Waals surface area contributed by atoms with E-state index in [4.69, 9.17) is 0 Å². The van der Waals surface area contributed by atoms with E-state index < -0.39 is 35.7 Å². The first-order chi connectivity index (χ1) is 16.8. The lowest BCUT2D eigenvalue weighted by Crippen LogP contribution is -2.44. The molecule has 0 saturated carbocycles. The number of hydrogen-bond donors (Lipinski definition) is 3. The Morgan fingerprint density at radius 3 is 1.70 bits per heavy atom. The maximum atomic E-state index is 12.6. The standard InChI is InChI=1S/C18H26F3N3O.C4F6O2/c1-12(2)16(11-23-17(25)13-7-9-22-10-8-13)24-15-5-3-14(4-6-15)18(19,20)21;5-3(6,7)1(11)2(12)4(8,9)10/h3-6,12-13,16,22,24H,7-11H2,1-2H3,(H,23,25);/t16-;/m0./s1. The van der Waals surface area contributed by atoms with Gasteiger partial charge in [-0.25, -0.2) is 0 Å². The molecule has 3 N–H and O–H groups in total. The van der Waals surface area contributed by atoms with Crippen molar-refractivity contribution in [1.82, 2.24) is 10.6 Å².